The molecule has 74 heavy (non-hydrogen) atoms. The van der Waals surface area contributed by atoms with E-state index in [2.05, 4.69) is 40.7 Å². The zero-order valence-electron chi connectivity index (χ0n) is 44.9. The molecule has 0 aromatic rings. The smallest absolute Gasteiger partial charge is 0.333 e. The van der Waals surface area contributed by atoms with Crippen LogP contribution in [0.25, 0.3) is 0 Å². The number of allylic oxidation sites excluding steroid dienone is 3. The summed E-state index contributed by atoms with van der Waals surface area (Å²) in [6, 6.07) is 0. The van der Waals surface area contributed by atoms with Crippen LogP contribution in [0.5, 0.6) is 0 Å². The van der Waals surface area contributed by atoms with E-state index in [1.807, 2.05) is 13.8 Å². The van der Waals surface area contributed by atoms with E-state index in [0.717, 1.165) is 18.4 Å². The number of rotatable bonds is 11. The van der Waals surface area contributed by atoms with E-state index in [1.54, 1.807) is 19.9 Å². The van der Waals surface area contributed by atoms with Crippen LogP contribution in [0.3, 0.4) is 0 Å². The molecule has 0 amide bonds. The first kappa shape index (κ1) is 57.9. The Labute approximate surface area is 434 Å². The van der Waals surface area contributed by atoms with Gasteiger partial charge in [-0.2, -0.15) is 0 Å². The average Bonchev–Trinajstić information content (AvgIpc) is 3.33. The van der Waals surface area contributed by atoms with Crippen LogP contribution in [-0.4, -0.2) is 193 Å². The van der Waals surface area contributed by atoms with E-state index in [0.29, 0.717) is 31.3 Å². The number of carbonyl (C=O) groups is 2. The Bertz CT molecular complexity index is 2120. The van der Waals surface area contributed by atoms with Gasteiger partial charge in [0, 0.05) is 17.9 Å². The molecule has 10 N–H and O–H groups in total. The number of fused-ring (bicyclic) bond motifs is 7. The number of aliphatic hydroxyl groups excluding tert-OH is 10. The molecular formula is C54H86O20. The van der Waals surface area contributed by atoms with Crippen LogP contribution in [0, 0.1) is 50.2 Å². The first-order chi connectivity index (χ1) is 34.5. The molecule has 7 fully saturated rings. The van der Waals surface area contributed by atoms with Crippen LogP contribution in [0.1, 0.15) is 121 Å². The second-order valence-electron chi connectivity index (χ2n) is 25.2. The normalized spacial score (nSPS) is 51.0. The second kappa shape index (κ2) is 20.8. The Balaban J connectivity index is 1.10. The summed E-state index contributed by atoms with van der Waals surface area (Å²) in [7, 11) is 0. The van der Waals surface area contributed by atoms with Gasteiger partial charge in [0.1, 0.15) is 73.2 Å². The van der Waals surface area contributed by atoms with Crippen molar-refractivity contribution in [2.24, 2.45) is 50.2 Å². The summed E-state index contributed by atoms with van der Waals surface area (Å²) in [5, 5.41) is 111. The molecule has 0 radical (unpaired) electrons. The molecule has 0 bridgehead atoms. The summed E-state index contributed by atoms with van der Waals surface area (Å²) in [6.07, 6.45) is -17.3. The monoisotopic (exact) mass is 1050 g/mol. The molecule has 20 heteroatoms. The summed E-state index contributed by atoms with van der Waals surface area (Å²) in [6.45, 7) is 19.7. The fraction of sp³-hybridized carbons (Fsp3) is 0.889. The van der Waals surface area contributed by atoms with Crippen molar-refractivity contribution < 1.29 is 98.5 Å². The molecule has 0 aromatic carbocycles. The Hall–Kier alpha value is -2.22. The van der Waals surface area contributed by atoms with E-state index < -0.39 is 170 Å². The third-order valence-electron chi connectivity index (χ3n) is 20.5. The van der Waals surface area contributed by atoms with Gasteiger partial charge >= 0.3 is 11.9 Å². The molecule has 25 unspecified atom stereocenters. The van der Waals surface area contributed by atoms with E-state index in [9.17, 15) is 60.7 Å². The average molecular weight is 1060 g/mol. The van der Waals surface area contributed by atoms with Crippen molar-refractivity contribution in [1.82, 2.24) is 0 Å². The van der Waals surface area contributed by atoms with Crippen molar-refractivity contribution in [2.75, 3.05) is 19.8 Å². The molecule has 8 aliphatic rings. The SMILES string of the molecule is CC=C(C)C(=O)OC1C(OC(C)=O)C2(CO)C(O)CC3(C)C(=CCC4C5(C)CCC(OC6OC(CO)C(O)C(OC7OC(C)C(O)C(O)C7O)C6OC6OCC(O)C(O)C6O)C(C)(C)C5CCC43C)C2CC1(C)C. The topological polar surface area (TPSA) is 310 Å². The molecule has 25 atom stereocenters. The van der Waals surface area contributed by atoms with Crippen LogP contribution < -0.4 is 0 Å². The van der Waals surface area contributed by atoms with Crippen LogP contribution in [0.2, 0.25) is 0 Å². The maximum Gasteiger partial charge on any atom is 0.333 e. The van der Waals surface area contributed by atoms with Crippen molar-refractivity contribution in [2.45, 2.75) is 232 Å². The van der Waals surface area contributed by atoms with E-state index >= 15 is 0 Å². The summed E-state index contributed by atoms with van der Waals surface area (Å²) in [5.74, 6) is -1.45. The Morgan fingerprint density at radius 3 is 2.03 bits per heavy atom. The van der Waals surface area contributed by atoms with Gasteiger partial charge < -0.3 is 89.0 Å². The predicted octanol–water partition coefficient (Wildman–Crippen LogP) is 1.28. The minimum absolute atomic E-state index is 0.0445. The molecule has 3 heterocycles. The van der Waals surface area contributed by atoms with Crippen molar-refractivity contribution >= 4 is 11.9 Å². The molecular weight excluding hydrogens is 969 g/mol. The standard InChI is InChI=1S/C54H86O20/c1-12-24(2)45(66)74-43-44(69-26(4)57)54(23-56)28(19-49(43,5)6)27-13-14-32-51(9)17-16-34(50(7,8)31(51)15-18-52(32,10)53(27,11)20-33(54)59)71-48-42(73-46-39(64)36(61)29(58)22-67-46)41(37(62)30(21-55)70-48)72-47-40(65)38(63)35(60)25(3)68-47/h12-13,25,28-44,46-48,55-56,58-65H,14-23H2,1-11H3. The highest BCUT2D eigenvalue weighted by Gasteiger charge is 2.74. The fourth-order valence-electron chi connectivity index (χ4n) is 15.9. The maximum atomic E-state index is 13.4. The van der Waals surface area contributed by atoms with Gasteiger partial charge in [0.15, 0.2) is 18.9 Å². The molecule has 0 aromatic heterocycles. The minimum atomic E-state index is -1.80. The number of hydrogen-bond acceptors (Lipinski definition) is 20. The summed E-state index contributed by atoms with van der Waals surface area (Å²) >= 11 is 0. The van der Waals surface area contributed by atoms with Gasteiger partial charge in [-0.25, -0.2) is 4.79 Å². The molecule has 3 aliphatic heterocycles. The first-order valence-corrected chi connectivity index (χ1v) is 26.8. The van der Waals surface area contributed by atoms with Crippen molar-refractivity contribution in [3.63, 3.8) is 0 Å². The lowest BCUT2D eigenvalue weighted by molar-refractivity contribution is -0.394. The van der Waals surface area contributed by atoms with E-state index in [4.69, 9.17) is 37.9 Å². The summed E-state index contributed by atoms with van der Waals surface area (Å²) < 4.78 is 49.6. The van der Waals surface area contributed by atoms with Gasteiger partial charge in [0.2, 0.25) is 0 Å². The molecule has 3 saturated heterocycles. The molecule has 4 saturated carbocycles. The molecule has 5 aliphatic carbocycles. The Morgan fingerprint density at radius 1 is 0.730 bits per heavy atom. The largest absolute Gasteiger partial charge is 0.458 e. The zero-order chi connectivity index (χ0) is 54.6. The van der Waals surface area contributed by atoms with Gasteiger partial charge in [0.05, 0.1) is 43.5 Å². The van der Waals surface area contributed by atoms with Crippen LogP contribution in [-0.2, 0) is 47.5 Å². The third-order valence-corrected chi connectivity index (χ3v) is 20.5. The van der Waals surface area contributed by atoms with Crippen molar-refractivity contribution in [3.05, 3.63) is 23.3 Å². The van der Waals surface area contributed by atoms with Crippen molar-refractivity contribution in [1.29, 1.82) is 0 Å². The summed E-state index contributed by atoms with van der Waals surface area (Å²) in [5.41, 5.74) is -2.43. The van der Waals surface area contributed by atoms with Gasteiger partial charge in [-0.3, -0.25) is 4.79 Å². The van der Waals surface area contributed by atoms with Gasteiger partial charge in [-0.05, 0) is 105 Å². The second-order valence-corrected chi connectivity index (χ2v) is 25.2. The first-order valence-electron chi connectivity index (χ1n) is 26.8. The quantitative estimate of drug-likeness (QED) is 0.0603. The summed E-state index contributed by atoms with van der Waals surface area (Å²) in [4.78, 5) is 26.4. The van der Waals surface area contributed by atoms with Crippen LogP contribution in [0.15, 0.2) is 23.3 Å². The number of ether oxygens (including phenoxy) is 8. The number of aliphatic hydroxyl groups is 10. The highest BCUT2D eigenvalue weighted by molar-refractivity contribution is 5.87. The highest BCUT2D eigenvalue weighted by Crippen LogP contribution is 2.76. The van der Waals surface area contributed by atoms with E-state index in [1.165, 1.54) is 13.8 Å². The number of esters is 2. The van der Waals surface area contributed by atoms with Crippen LogP contribution in [0.4, 0.5) is 0 Å². The number of hydrogen-bond donors (Lipinski definition) is 10. The van der Waals surface area contributed by atoms with Gasteiger partial charge in [-0.15, -0.1) is 0 Å². The van der Waals surface area contributed by atoms with Crippen molar-refractivity contribution in [3.8, 4) is 0 Å². The predicted molar refractivity (Wildman–Crippen MR) is 260 cm³/mol. The highest BCUT2D eigenvalue weighted by atomic mass is 16.8. The molecule has 20 nitrogen and oxygen atoms in total. The molecule has 422 valence electrons. The maximum absolute atomic E-state index is 13.4. The molecule has 8 rings (SSSR count). The Morgan fingerprint density at radius 2 is 1.39 bits per heavy atom. The third kappa shape index (κ3) is 9.17. The van der Waals surface area contributed by atoms with Crippen LogP contribution >= 0.6 is 0 Å². The van der Waals surface area contributed by atoms with E-state index in [-0.39, 0.29) is 29.1 Å². The van der Waals surface area contributed by atoms with Gasteiger partial charge in [0.25, 0.3) is 0 Å². The minimum Gasteiger partial charge on any atom is -0.458 e. The lowest BCUT2D eigenvalue weighted by Gasteiger charge is -2.72. The zero-order valence-corrected chi connectivity index (χ0v) is 44.9. The number of carbonyl (C=O) groups excluding carboxylic acids is 2. The molecule has 0 spiro atoms. The fourth-order valence-corrected chi connectivity index (χ4v) is 15.9. The Kier molecular flexibility index (Phi) is 16.3. The lowest BCUT2D eigenvalue weighted by Crippen LogP contribution is -2.72. The lowest BCUT2D eigenvalue weighted by atomic mass is 9.33. The van der Waals surface area contributed by atoms with Gasteiger partial charge in [-0.1, -0.05) is 66.2 Å².